The first-order valence-corrected chi connectivity index (χ1v) is 8.84. The number of nitrogens with zero attached hydrogens (tertiary/aromatic N) is 3. The summed E-state index contributed by atoms with van der Waals surface area (Å²) in [5, 5.41) is 9.14. The van der Waals surface area contributed by atoms with Crippen molar-refractivity contribution in [2.45, 2.75) is 38.4 Å². The van der Waals surface area contributed by atoms with Gasteiger partial charge in [-0.1, -0.05) is 0 Å². The Bertz CT molecular complexity index is 593. The van der Waals surface area contributed by atoms with Crippen LogP contribution in [0.4, 0.5) is 0 Å². The maximum absolute atomic E-state index is 9.14. The van der Waals surface area contributed by atoms with Gasteiger partial charge in [0, 0.05) is 57.0 Å². The van der Waals surface area contributed by atoms with Gasteiger partial charge in [0.1, 0.15) is 5.75 Å². The Morgan fingerprint density at radius 3 is 2.75 bits per heavy atom. The van der Waals surface area contributed by atoms with E-state index in [-0.39, 0.29) is 0 Å². The van der Waals surface area contributed by atoms with E-state index < -0.39 is 0 Å². The molecule has 2 aliphatic rings. The molecular formula is C19H27N3O2. The Balaban J connectivity index is 1.64. The molecule has 0 saturated carbocycles. The van der Waals surface area contributed by atoms with Crippen LogP contribution in [0.25, 0.3) is 0 Å². The van der Waals surface area contributed by atoms with E-state index in [1.165, 1.54) is 0 Å². The molecule has 0 spiro atoms. The molecular weight excluding hydrogens is 302 g/mol. The minimum Gasteiger partial charge on any atom is -0.496 e. The van der Waals surface area contributed by atoms with E-state index >= 15 is 0 Å². The molecule has 1 aromatic carbocycles. The average Bonchev–Trinajstić information content (AvgIpc) is 2.64. The van der Waals surface area contributed by atoms with E-state index in [9.17, 15) is 0 Å². The summed E-state index contributed by atoms with van der Waals surface area (Å²) >= 11 is 0. The monoisotopic (exact) mass is 329 g/mol. The van der Waals surface area contributed by atoms with Gasteiger partial charge in [0.05, 0.1) is 18.7 Å². The van der Waals surface area contributed by atoms with Crippen molar-refractivity contribution in [1.29, 1.82) is 5.26 Å². The molecule has 3 rings (SSSR count). The molecule has 1 atom stereocenters. The topological polar surface area (TPSA) is 48.7 Å². The van der Waals surface area contributed by atoms with Crippen LogP contribution in [0.5, 0.6) is 5.75 Å². The lowest BCUT2D eigenvalue weighted by molar-refractivity contribution is -0.00353. The number of benzene rings is 1. The Morgan fingerprint density at radius 2 is 2.08 bits per heavy atom. The van der Waals surface area contributed by atoms with Gasteiger partial charge in [-0.25, -0.2) is 0 Å². The summed E-state index contributed by atoms with van der Waals surface area (Å²) in [6.45, 7) is 8.20. The molecule has 5 nitrogen and oxygen atoms in total. The number of ether oxygens (including phenoxy) is 2. The van der Waals surface area contributed by atoms with E-state index in [0.29, 0.717) is 17.6 Å². The second-order valence-electron chi connectivity index (χ2n) is 6.80. The SMILES string of the molecule is COc1ccc(C#N)cc1CN1CCN(C2CCOCC2)C[C@@H]1C. The molecule has 0 radical (unpaired) electrons. The fourth-order valence-electron chi connectivity index (χ4n) is 3.83. The third kappa shape index (κ3) is 3.89. The van der Waals surface area contributed by atoms with Gasteiger partial charge in [-0.3, -0.25) is 9.80 Å². The van der Waals surface area contributed by atoms with Gasteiger partial charge in [0.15, 0.2) is 0 Å². The highest BCUT2D eigenvalue weighted by molar-refractivity contribution is 5.42. The highest BCUT2D eigenvalue weighted by Crippen LogP contribution is 2.25. The maximum atomic E-state index is 9.14. The number of hydrogen-bond donors (Lipinski definition) is 0. The Morgan fingerprint density at radius 1 is 1.29 bits per heavy atom. The molecule has 2 fully saturated rings. The van der Waals surface area contributed by atoms with Crippen molar-refractivity contribution in [2.75, 3.05) is 40.0 Å². The number of rotatable bonds is 4. The van der Waals surface area contributed by atoms with E-state index in [2.05, 4.69) is 22.8 Å². The van der Waals surface area contributed by atoms with E-state index in [1.54, 1.807) is 7.11 Å². The Kier molecular flexibility index (Phi) is 5.72. The van der Waals surface area contributed by atoms with Gasteiger partial charge < -0.3 is 9.47 Å². The van der Waals surface area contributed by atoms with E-state index in [0.717, 1.165) is 63.5 Å². The molecule has 24 heavy (non-hydrogen) atoms. The number of hydrogen-bond acceptors (Lipinski definition) is 5. The van der Waals surface area contributed by atoms with Crippen LogP contribution in [0.15, 0.2) is 18.2 Å². The normalized spacial score (nSPS) is 23.8. The molecule has 1 aromatic rings. The second-order valence-corrected chi connectivity index (χ2v) is 6.80. The van der Waals surface area contributed by atoms with Gasteiger partial charge in [-0.15, -0.1) is 0 Å². The third-order valence-corrected chi connectivity index (χ3v) is 5.29. The molecule has 5 heteroatoms. The molecule has 130 valence electrons. The van der Waals surface area contributed by atoms with Crippen molar-refractivity contribution in [1.82, 2.24) is 9.80 Å². The summed E-state index contributed by atoms with van der Waals surface area (Å²) in [6, 6.07) is 9.07. The quantitative estimate of drug-likeness (QED) is 0.848. The number of methoxy groups -OCH3 is 1. The van der Waals surface area contributed by atoms with Crippen LogP contribution < -0.4 is 4.74 Å². The van der Waals surface area contributed by atoms with E-state index in [4.69, 9.17) is 14.7 Å². The predicted molar refractivity (Wildman–Crippen MR) is 93.0 cm³/mol. The molecule has 0 unspecified atom stereocenters. The van der Waals surface area contributed by atoms with Crippen molar-refractivity contribution < 1.29 is 9.47 Å². The number of nitriles is 1. The molecule has 0 amide bonds. The molecule has 2 heterocycles. The van der Waals surface area contributed by atoms with E-state index in [1.807, 2.05) is 18.2 Å². The largest absolute Gasteiger partial charge is 0.496 e. The summed E-state index contributed by atoms with van der Waals surface area (Å²) in [5.41, 5.74) is 1.79. The standard InChI is InChI=1S/C19H27N3O2/c1-15-13-22(18-5-9-24-10-6-18)8-7-21(15)14-17-11-16(12-20)3-4-19(17)23-2/h3-4,11,15,18H,5-10,13-14H2,1-2H3/t15-/m0/s1. The molecule has 0 aromatic heterocycles. The molecule has 2 aliphatic heterocycles. The molecule has 0 aliphatic carbocycles. The van der Waals surface area contributed by atoms with Crippen molar-refractivity contribution in [3.05, 3.63) is 29.3 Å². The first kappa shape index (κ1) is 17.2. The van der Waals surface area contributed by atoms with Crippen LogP contribution >= 0.6 is 0 Å². The van der Waals surface area contributed by atoms with Crippen LogP contribution in [0.1, 0.15) is 30.9 Å². The molecule has 0 N–H and O–H groups in total. The fourth-order valence-corrected chi connectivity index (χ4v) is 3.83. The Labute approximate surface area is 144 Å². The van der Waals surface area contributed by atoms with Gasteiger partial charge in [-0.05, 0) is 38.0 Å². The smallest absolute Gasteiger partial charge is 0.123 e. The Hall–Kier alpha value is -1.61. The third-order valence-electron chi connectivity index (χ3n) is 5.29. The van der Waals surface area contributed by atoms with Crippen LogP contribution in [0.2, 0.25) is 0 Å². The minimum absolute atomic E-state index is 0.497. The average molecular weight is 329 g/mol. The highest BCUT2D eigenvalue weighted by atomic mass is 16.5. The molecule has 0 bridgehead atoms. The summed E-state index contributed by atoms with van der Waals surface area (Å²) in [7, 11) is 1.69. The van der Waals surface area contributed by atoms with Gasteiger partial charge in [-0.2, -0.15) is 5.26 Å². The number of piperazine rings is 1. The van der Waals surface area contributed by atoms with Crippen LogP contribution in [0, 0.1) is 11.3 Å². The minimum atomic E-state index is 0.497. The zero-order valence-corrected chi connectivity index (χ0v) is 14.7. The lowest BCUT2D eigenvalue weighted by Gasteiger charge is -2.44. The predicted octanol–water partition coefficient (Wildman–Crippen LogP) is 2.25. The fraction of sp³-hybridized carbons (Fsp3) is 0.632. The summed E-state index contributed by atoms with van der Waals surface area (Å²) in [4.78, 5) is 5.13. The first-order valence-electron chi connectivity index (χ1n) is 8.84. The van der Waals surface area contributed by atoms with Crippen molar-refractivity contribution >= 4 is 0 Å². The highest BCUT2D eigenvalue weighted by Gasteiger charge is 2.29. The lowest BCUT2D eigenvalue weighted by Crippen LogP contribution is -2.55. The first-order chi connectivity index (χ1) is 11.7. The summed E-state index contributed by atoms with van der Waals surface area (Å²) in [6.07, 6.45) is 2.31. The van der Waals surface area contributed by atoms with Gasteiger partial charge in [0.2, 0.25) is 0 Å². The zero-order chi connectivity index (χ0) is 16.9. The van der Waals surface area contributed by atoms with Crippen molar-refractivity contribution in [2.24, 2.45) is 0 Å². The van der Waals surface area contributed by atoms with Crippen LogP contribution in [0.3, 0.4) is 0 Å². The molecule has 2 saturated heterocycles. The zero-order valence-electron chi connectivity index (χ0n) is 14.7. The van der Waals surface area contributed by atoms with Gasteiger partial charge in [0.25, 0.3) is 0 Å². The summed E-state index contributed by atoms with van der Waals surface area (Å²) < 4.78 is 11.0. The van der Waals surface area contributed by atoms with Crippen LogP contribution in [-0.4, -0.2) is 61.8 Å². The second kappa shape index (κ2) is 7.98. The summed E-state index contributed by atoms with van der Waals surface area (Å²) in [5.74, 6) is 0.869. The lowest BCUT2D eigenvalue weighted by atomic mass is 10.0. The van der Waals surface area contributed by atoms with Crippen molar-refractivity contribution in [3.63, 3.8) is 0 Å². The van der Waals surface area contributed by atoms with Crippen molar-refractivity contribution in [3.8, 4) is 11.8 Å². The van der Waals surface area contributed by atoms with Crippen LogP contribution in [-0.2, 0) is 11.3 Å². The van der Waals surface area contributed by atoms with Gasteiger partial charge >= 0.3 is 0 Å². The maximum Gasteiger partial charge on any atom is 0.123 e.